The van der Waals surface area contributed by atoms with Crippen LogP contribution in [0.5, 0.6) is 17.2 Å². The Labute approximate surface area is 147 Å². The predicted octanol–water partition coefficient (Wildman–Crippen LogP) is 5.65. The van der Waals surface area contributed by atoms with E-state index in [1.54, 1.807) is 7.11 Å². The summed E-state index contributed by atoms with van der Waals surface area (Å²) in [7, 11) is 3.74. The van der Waals surface area contributed by atoms with Gasteiger partial charge in [-0.25, -0.2) is 0 Å². The lowest BCUT2D eigenvalue weighted by atomic mass is 10.1. The number of benzene rings is 3. The highest BCUT2D eigenvalue weighted by Gasteiger charge is 2.12. The van der Waals surface area contributed by atoms with E-state index in [0.29, 0.717) is 0 Å². The summed E-state index contributed by atoms with van der Waals surface area (Å²) in [5.74, 6) is 2.43. The molecule has 0 N–H and O–H groups in total. The molecule has 25 heavy (non-hydrogen) atoms. The van der Waals surface area contributed by atoms with E-state index in [9.17, 15) is 0 Å². The molecule has 0 atom stereocenters. The maximum Gasteiger partial charge on any atom is 0.136 e. The maximum atomic E-state index is 6.15. The molecule has 0 amide bonds. The third-order valence-corrected chi connectivity index (χ3v) is 4.40. The van der Waals surface area contributed by atoms with Gasteiger partial charge in [0.05, 0.1) is 12.8 Å². The zero-order chi connectivity index (χ0) is 17.2. The molecular weight excluding hydrogens is 310 g/mol. The van der Waals surface area contributed by atoms with Crippen LogP contribution in [0, 0.1) is 0 Å². The first-order valence-corrected chi connectivity index (χ1v) is 8.22. The molecule has 0 unspecified atom stereocenters. The molecule has 1 aromatic heterocycles. The van der Waals surface area contributed by atoms with E-state index >= 15 is 0 Å². The van der Waals surface area contributed by atoms with Gasteiger partial charge in [-0.3, -0.25) is 0 Å². The number of fused-ring (bicyclic) bond motifs is 1. The molecule has 0 spiro atoms. The van der Waals surface area contributed by atoms with Gasteiger partial charge in [-0.1, -0.05) is 30.3 Å². The first-order valence-electron chi connectivity index (χ1n) is 8.22. The summed E-state index contributed by atoms with van der Waals surface area (Å²) in [6, 6.07) is 26.3. The first-order chi connectivity index (χ1) is 12.3. The highest BCUT2D eigenvalue weighted by atomic mass is 16.5. The number of aryl methyl sites for hydroxylation is 1. The van der Waals surface area contributed by atoms with Crippen molar-refractivity contribution in [2.75, 3.05) is 7.11 Å². The average molecular weight is 329 g/mol. The molecule has 4 rings (SSSR count). The van der Waals surface area contributed by atoms with Crippen LogP contribution in [-0.4, -0.2) is 11.7 Å². The summed E-state index contributed by atoms with van der Waals surface area (Å²) in [6.45, 7) is 0. The van der Waals surface area contributed by atoms with Gasteiger partial charge >= 0.3 is 0 Å². The Kier molecular flexibility index (Phi) is 3.90. The number of nitrogens with zero attached hydrogens (tertiary/aromatic N) is 1. The summed E-state index contributed by atoms with van der Waals surface area (Å²) in [5.41, 5.74) is 3.40. The second kappa shape index (κ2) is 6.36. The molecule has 3 aromatic carbocycles. The zero-order valence-corrected chi connectivity index (χ0v) is 14.3. The summed E-state index contributed by atoms with van der Waals surface area (Å²) in [6.07, 6.45) is 0. The van der Waals surface area contributed by atoms with Crippen molar-refractivity contribution >= 4 is 10.9 Å². The molecule has 0 saturated heterocycles. The maximum absolute atomic E-state index is 6.15. The van der Waals surface area contributed by atoms with E-state index in [-0.39, 0.29) is 0 Å². The Morgan fingerprint density at radius 2 is 1.44 bits per heavy atom. The van der Waals surface area contributed by atoms with Crippen LogP contribution in [0.2, 0.25) is 0 Å². The minimum absolute atomic E-state index is 0.784. The van der Waals surface area contributed by atoms with Gasteiger partial charge in [-0.15, -0.1) is 0 Å². The van der Waals surface area contributed by atoms with E-state index in [2.05, 4.69) is 48.0 Å². The van der Waals surface area contributed by atoms with Crippen molar-refractivity contribution in [2.45, 2.75) is 0 Å². The van der Waals surface area contributed by atoms with Crippen LogP contribution >= 0.6 is 0 Å². The minimum atomic E-state index is 0.784. The van der Waals surface area contributed by atoms with Gasteiger partial charge in [-0.2, -0.15) is 0 Å². The summed E-state index contributed by atoms with van der Waals surface area (Å²) in [4.78, 5) is 0. The fourth-order valence-electron chi connectivity index (χ4n) is 3.09. The van der Waals surface area contributed by atoms with E-state index in [0.717, 1.165) is 28.5 Å². The van der Waals surface area contributed by atoms with Crippen molar-refractivity contribution in [3.8, 4) is 28.5 Å². The van der Waals surface area contributed by atoms with Crippen LogP contribution in [0.4, 0.5) is 0 Å². The zero-order valence-electron chi connectivity index (χ0n) is 14.3. The van der Waals surface area contributed by atoms with E-state index in [1.165, 1.54) is 10.9 Å². The van der Waals surface area contributed by atoms with Gasteiger partial charge in [0, 0.05) is 23.5 Å². The molecule has 0 aliphatic heterocycles. The fraction of sp³-hybridized carbons (Fsp3) is 0.0909. The smallest absolute Gasteiger partial charge is 0.136 e. The second-order valence-corrected chi connectivity index (χ2v) is 5.92. The Balaban J connectivity index is 1.76. The monoisotopic (exact) mass is 329 g/mol. The minimum Gasteiger partial charge on any atom is -0.497 e. The van der Waals surface area contributed by atoms with Gasteiger partial charge in [0.1, 0.15) is 17.2 Å². The summed E-state index contributed by atoms with van der Waals surface area (Å²) < 4.78 is 13.5. The molecule has 3 heteroatoms. The number of methoxy groups -OCH3 is 1. The molecule has 1 heterocycles. The van der Waals surface area contributed by atoms with Crippen molar-refractivity contribution in [3.05, 3.63) is 78.9 Å². The molecule has 0 aliphatic rings. The van der Waals surface area contributed by atoms with Gasteiger partial charge in [0.15, 0.2) is 0 Å². The molecule has 124 valence electrons. The predicted molar refractivity (Wildman–Crippen MR) is 101 cm³/mol. The van der Waals surface area contributed by atoms with Gasteiger partial charge < -0.3 is 14.0 Å². The average Bonchev–Trinajstić information content (AvgIpc) is 3.00. The lowest BCUT2D eigenvalue weighted by molar-refractivity contribution is 0.413. The molecule has 0 fully saturated rings. The van der Waals surface area contributed by atoms with Crippen molar-refractivity contribution < 1.29 is 9.47 Å². The molecule has 3 nitrogen and oxygen atoms in total. The first kappa shape index (κ1) is 15.3. The van der Waals surface area contributed by atoms with Crippen LogP contribution in [0.15, 0.2) is 78.9 Å². The summed E-state index contributed by atoms with van der Waals surface area (Å²) >= 11 is 0. The quantitative estimate of drug-likeness (QED) is 0.483. The molecular formula is C22H19NO2. The normalized spacial score (nSPS) is 10.8. The molecule has 0 saturated carbocycles. The van der Waals surface area contributed by atoms with E-state index < -0.39 is 0 Å². The van der Waals surface area contributed by atoms with E-state index in [1.807, 2.05) is 42.5 Å². The standard InChI is InChI=1S/C22H19NO2/c1-23-20-9-5-3-7-16(20)15-21(23)19-8-4-6-10-22(19)25-18-13-11-17(24-2)12-14-18/h3-15H,1-2H3. The Bertz CT molecular complexity index is 1020. The Morgan fingerprint density at radius 3 is 2.20 bits per heavy atom. The Hall–Kier alpha value is -3.20. The van der Waals surface area contributed by atoms with Crippen LogP contribution in [0.25, 0.3) is 22.2 Å². The van der Waals surface area contributed by atoms with Crippen LogP contribution in [0.1, 0.15) is 0 Å². The lowest BCUT2D eigenvalue weighted by Crippen LogP contribution is -1.94. The van der Waals surface area contributed by atoms with Gasteiger partial charge in [0.2, 0.25) is 0 Å². The number of aromatic nitrogens is 1. The van der Waals surface area contributed by atoms with Gasteiger partial charge in [0.25, 0.3) is 0 Å². The lowest BCUT2D eigenvalue weighted by Gasteiger charge is -2.12. The van der Waals surface area contributed by atoms with E-state index in [4.69, 9.17) is 9.47 Å². The third kappa shape index (κ3) is 2.85. The van der Waals surface area contributed by atoms with Crippen molar-refractivity contribution in [1.82, 2.24) is 4.57 Å². The molecule has 0 bridgehead atoms. The number of para-hydroxylation sites is 2. The molecule has 0 aliphatic carbocycles. The van der Waals surface area contributed by atoms with Crippen molar-refractivity contribution in [3.63, 3.8) is 0 Å². The summed E-state index contributed by atoms with van der Waals surface area (Å²) in [5, 5.41) is 1.22. The number of hydrogen-bond donors (Lipinski definition) is 0. The van der Waals surface area contributed by atoms with Crippen LogP contribution in [-0.2, 0) is 7.05 Å². The Morgan fingerprint density at radius 1 is 0.760 bits per heavy atom. The van der Waals surface area contributed by atoms with Crippen molar-refractivity contribution in [2.24, 2.45) is 7.05 Å². The second-order valence-electron chi connectivity index (χ2n) is 5.92. The van der Waals surface area contributed by atoms with Crippen molar-refractivity contribution in [1.29, 1.82) is 0 Å². The van der Waals surface area contributed by atoms with Gasteiger partial charge in [-0.05, 0) is 48.5 Å². The molecule has 4 aromatic rings. The topological polar surface area (TPSA) is 23.4 Å². The third-order valence-electron chi connectivity index (χ3n) is 4.40. The number of hydrogen-bond acceptors (Lipinski definition) is 2. The van der Waals surface area contributed by atoms with Crippen LogP contribution in [0.3, 0.4) is 0 Å². The largest absolute Gasteiger partial charge is 0.497 e. The number of rotatable bonds is 4. The molecule has 0 radical (unpaired) electrons. The SMILES string of the molecule is COc1ccc(Oc2ccccc2-c2cc3ccccc3n2C)cc1. The van der Waals surface area contributed by atoms with Crippen LogP contribution < -0.4 is 9.47 Å². The fourth-order valence-corrected chi connectivity index (χ4v) is 3.09. The highest BCUT2D eigenvalue weighted by molar-refractivity contribution is 5.88. The highest BCUT2D eigenvalue weighted by Crippen LogP contribution is 2.36. The number of ether oxygens (including phenoxy) is 2.